The molecule has 0 bridgehead atoms. The molecule has 3 heteroatoms. The smallest absolute Gasteiger partial charge is 0.248 e. The van der Waals surface area contributed by atoms with Crippen molar-refractivity contribution in [1.82, 2.24) is 0 Å². The summed E-state index contributed by atoms with van der Waals surface area (Å²) in [6.07, 6.45) is 4.62. The molecule has 0 unspecified atom stereocenters. The average Bonchev–Trinajstić information content (AvgIpc) is 2.81. The minimum Gasteiger partial charge on any atom is -0.465 e. The summed E-state index contributed by atoms with van der Waals surface area (Å²) in [5.41, 5.74) is 0.775. The molecule has 0 fully saturated rings. The van der Waals surface area contributed by atoms with Crippen LogP contribution in [-0.2, 0) is 4.79 Å². The van der Waals surface area contributed by atoms with Gasteiger partial charge in [-0.05, 0) is 30.3 Å². The van der Waals surface area contributed by atoms with E-state index in [0.29, 0.717) is 5.76 Å². The molecular formula is C13H11NO2. The zero-order valence-corrected chi connectivity index (χ0v) is 8.59. The summed E-state index contributed by atoms with van der Waals surface area (Å²) in [5, 5.41) is 2.74. The normalized spacial score (nSPS) is 10.5. The van der Waals surface area contributed by atoms with E-state index in [1.54, 1.807) is 24.5 Å². The van der Waals surface area contributed by atoms with E-state index in [4.69, 9.17) is 4.42 Å². The molecule has 1 heterocycles. The molecule has 0 spiro atoms. The van der Waals surface area contributed by atoms with Crippen LogP contribution in [0.2, 0.25) is 0 Å². The maximum atomic E-state index is 11.5. The van der Waals surface area contributed by atoms with Crippen molar-refractivity contribution >= 4 is 17.7 Å². The van der Waals surface area contributed by atoms with E-state index >= 15 is 0 Å². The second kappa shape index (κ2) is 4.98. The largest absolute Gasteiger partial charge is 0.465 e. The summed E-state index contributed by atoms with van der Waals surface area (Å²) in [6, 6.07) is 12.9. The molecule has 0 aliphatic rings. The Hall–Kier alpha value is -2.29. The van der Waals surface area contributed by atoms with Gasteiger partial charge in [0.25, 0.3) is 0 Å². The number of benzene rings is 1. The second-order valence-electron chi connectivity index (χ2n) is 3.20. The molecule has 0 radical (unpaired) electrons. The van der Waals surface area contributed by atoms with Crippen LogP contribution < -0.4 is 5.32 Å². The van der Waals surface area contributed by atoms with Crippen molar-refractivity contribution in [3.63, 3.8) is 0 Å². The van der Waals surface area contributed by atoms with Gasteiger partial charge in [-0.3, -0.25) is 4.79 Å². The molecule has 0 atom stereocenters. The molecule has 2 rings (SSSR count). The van der Waals surface area contributed by atoms with E-state index in [9.17, 15) is 4.79 Å². The van der Waals surface area contributed by atoms with Crippen LogP contribution in [0.15, 0.2) is 59.2 Å². The number of nitrogens with one attached hydrogen (secondary N) is 1. The summed E-state index contributed by atoms with van der Waals surface area (Å²) >= 11 is 0. The van der Waals surface area contributed by atoms with Crippen LogP contribution in [0, 0.1) is 0 Å². The lowest BCUT2D eigenvalue weighted by molar-refractivity contribution is -0.111. The van der Waals surface area contributed by atoms with Crippen molar-refractivity contribution in [3.05, 3.63) is 60.6 Å². The van der Waals surface area contributed by atoms with Gasteiger partial charge in [-0.1, -0.05) is 18.2 Å². The van der Waals surface area contributed by atoms with Crippen molar-refractivity contribution < 1.29 is 9.21 Å². The predicted molar refractivity (Wildman–Crippen MR) is 62.8 cm³/mol. The van der Waals surface area contributed by atoms with Gasteiger partial charge in [0.2, 0.25) is 5.91 Å². The predicted octanol–water partition coefficient (Wildman–Crippen LogP) is 2.93. The van der Waals surface area contributed by atoms with Crippen LogP contribution in [-0.4, -0.2) is 5.91 Å². The molecule has 1 aromatic carbocycles. The molecule has 16 heavy (non-hydrogen) atoms. The lowest BCUT2D eigenvalue weighted by Crippen LogP contribution is -2.07. The van der Waals surface area contributed by atoms with Crippen molar-refractivity contribution in [2.45, 2.75) is 0 Å². The van der Waals surface area contributed by atoms with Gasteiger partial charge in [0, 0.05) is 11.8 Å². The van der Waals surface area contributed by atoms with Gasteiger partial charge in [-0.2, -0.15) is 0 Å². The minimum absolute atomic E-state index is 0.178. The number of carbonyl (C=O) groups excluding carboxylic acids is 1. The Morgan fingerprint density at radius 1 is 1.12 bits per heavy atom. The molecule has 80 valence electrons. The molecule has 0 saturated carbocycles. The van der Waals surface area contributed by atoms with E-state index in [0.717, 1.165) is 5.69 Å². The van der Waals surface area contributed by atoms with Crippen LogP contribution in [0.1, 0.15) is 5.76 Å². The Balaban J connectivity index is 1.95. The molecule has 1 N–H and O–H groups in total. The zero-order valence-electron chi connectivity index (χ0n) is 8.59. The van der Waals surface area contributed by atoms with Gasteiger partial charge < -0.3 is 9.73 Å². The average molecular weight is 213 g/mol. The molecular weight excluding hydrogens is 202 g/mol. The third-order valence-corrected chi connectivity index (χ3v) is 1.98. The number of carbonyl (C=O) groups is 1. The fourth-order valence-electron chi connectivity index (χ4n) is 1.25. The van der Waals surface area contributed by atoms with Crippen molar-refractivity contribution in [2.24, 2.45) is 0 Å². The quantitative estimate of drug-likeness (QED) is 0.796. The Labute approximate surface area is 93.4 Å². The van der Waals surface area contributed by atoms with Crippen LogP contribution in [0.4, 0.5) is 5.69 Å². The highest BCUT2D eigenvalue weighted by molar-refractivity contribution is 6.01. The van der Waals surface area contributed by atoms with E-state index in [-0.39, 0.29) is 5.91 Å². The first-order chi connectivity index (χ1) is 7.84. The van der Waals surface area contributed by atoms with E-state index < -0.39 is 0 Å². The highest BCUT2D eigenvalue weighted by Gasteiger charge is 1.96. The van der Waals surface area contributed by atoms with Crippen molar-refractivity contribution in [2.75, 3.05) is 5.32 Å². The number of para-hydroxylation sites is 1. The summed E-state index contributed by atoms with van der Waals surface area (Å²) in [7, 11) is 0. The van der Waals surface area contributed by atoms with Crippen molar-refractivity contribution in [3.8, 4) is 0 Å². The Kier molecular flexibility index (Phi) is 3.18. The maximum Gasteiger partial charge on any atom is 0.248 e. The van der Waals surface area contributed by atoms with Gasteiger partial charge in [-0.15, -0.1) is 0 Å². The molecule has 0 aliphatic heterocycles. The van der Waals surface area contributed by atoms with Crippen LogP contribution in [0.3, 0.4) is 0 Å². The first kappa shape index (κ1) is 10.2. The van der Waals surface area contributed by atoms with Gasteiger partial charge in [0.15, 0.2) is 0 Å². The van der Waals surface area contributed by atoms with Gasteiger partial charge in [-0.25, -0.2) is 0 Å². The Morgan fingerprint density at radius 2 is 1.94 bits per heavy atom. The fourth-order valence-corrected chi connectivity index (χ4v) is 1.25. The molecule has 0 saturated heterocycles. The van der Waals surface area contributed by atoms with E-state index in [2.05, 4.69) is 5.32 Å². The SMILES string of the molecule is O=C(C=Cc1ccco1)Nc1ccccc1. The number of rotatable bonds is 3. The third kappa shape index (κ3) is 2.85. The molecule has 1 aromatic heterocycles. The van der Waals surface area contributed by atoms with E-state index in [1.165, 1.54) is 6.08 Å². The Bertz CT molecular complexity index is 472. The minimum atomic E-state index is -0.178. The number of hydrogen-bond acceptors (Lipinski definition) is 2. The van der Waals surface area contributed by atoms with Gasteiger partial charge >= 0.3 is 0 Å². The van der Waals surface area contributed by atoms with Gasteiger partial charge in [0.05, 0.1) is 6.26 Å². The highest BCUT2D eigenvalue weighted by Crippen LogP contribution is 2.06. The first-order valence-electron chi connectivity index (χ1n) is 4.92. The first-order valence-corrected chi connectivity index (χ1v) is 4.92. The summed E-state index contributed by atoms with van der Waals surface area (Å²) in [4.78, 5) is 11.5. The lowest BCUT2D eigenvalue weighted by Gasteiger charge is -1.99. The van der Waals surface area contributed by atoms with E-state index in [1.807, 2.05) is 30.3 Å². The Morgan fingerprint density at radius 3 is 2.62 bits per heavy atom. The number of anilines is 1. The molecule has 1 amide bonds. The lowest BCUT2D eigenvalue weighted by atomic mass is 10.3. The number of furan rings is 1. The third-order valence-electron chi connectivity index (χ3n) is 1.98. The topological polar surface area (TPSA) is 42.2 Å². The number of hydrogen-bond donors (Lipinski definition) is 1. The summed E-state index contributed by atoms with van der Waals surface area (Å²) in [6.45, 7) is 0. The highest BCUT2D eigenvalue weighted by atomic mass is 16.3. The molecule has 2 aromatic rings. The second-order valence-corrected chi connectivity index (χ2v) is 3.20. The fraction of sp³-hybridized carbons (Fsp3) is 0. The summed E-state index contributed by atoms with van der Waals surface area (Å²) in [5.74, 6) is 0.478. The standard InChI is InChI=1S/C13H11NO2/c15-13(9-8-12-7-4-10-16-12)14-11-5-2-1-3-6-11/h1-10H,(H,14,15). The summed E-state index contributed by atoms with van der Waals surface area (Å²) < 4.78 is 5.07. The molecule has 3 nitrogen and oxygen atoms in total. The van der Waals surface area contributed by atoms with Gasteiger partial charge in [0.1, 0.15) is 5.76 Å². The monoisotopic (exact) mass is 213 g/mol. The number of amides is 1. The van der Waals surface area contributed by atoms with Crippen LogP contribution >= 0.6 is 0 Å². The van der Waals surface area contributed by atoms with Crippen molar-refractivity contribution in [1.29, 1.82) is 0 Å². The van der Waals surface area contributed by atoms with Crippen LogP contribution in [0.5, 0.6) is 0 Å². The van der Waals surface area contributed by atoms with Crippen LogP contribution in [0.25, 0.3) is 6.08 Å². The molecule has 0 aliphatic carbocycles. The maximum absolute atomic E-state index is 11.5. The zero-order chi connectivity index (χ0) is 11.2.